The standard InChI is InChI=1S/C62H48O16S6/c1-67-35-9-29(10-36(21-35)68-2)25-75-59(63)45-19-33-17-43-49(55-47(33)57(83-81-55)51(45)61(65)77-27-31-13-39(71-5)23-40(14-31)72-6)54(80)44-18-34-20-46(60(64)76-26-30-11-37(69-3)22-38(12-30)70-4)52(58-48(34)56(82-84-58)50(44)53(43)79)62(66)78-28-32-15-41(73-7)24-42(16-32)74-8/h9-24H,25-28H2,1-8H3. The van der Waals surface area contributed by atoms with Crippen molar-refractivity contribution in [3.8, 4) is 46.0 Å². The molecule has 22 heteroatoms. The van der Waals surface area contributed by atoms with Crippen LogP contribution in [0.3, 0.4) is 0 Å². The molecular weight excluding hydrogens is 1190 g/mol. The van der Waals surface area contributed by atoms with Crippen molar-refractivity contribution in [3.63, 3.8) is 0 Å². The van der Waals surface area contributed by atoms with Crippen molar-refractivity contribution in [3.05, 3.63) is 151 Å². The van der Waals surface area contributed by atoms with Gasteiger partial charge in [0.15, 0.2) is 0 Å². The molecule has 0 atom stereocenters. The normalized spacial score (nSPS) is 11.3. The van der Waals surface area contributed by atoms with Crippen molar-refractivity contribution in [1.82, 2.24) is 0 Å². The highest BCUT2D eigenvalue weighted by Gasteiger charge is 2.31. The molecule has 0 unspecified atom stereocenters. The van der Waals surface area contributed by atoms with Crippen molar-refractivity contribution < 1.29 is 76.0 Å². The van der Waals surface area contributed by atoms with Crippen LogP contribution >= 0.6 is 65.8 Å². The third-order valence-electron chi connectivity index (χ3n) is 14.0. The summed E-state index contributed by atoms with van der Waals surface area (Å²) in [6, 6.07) is 27.6. The van der Waals surface area contributed by atoms with E-state index >= 15 is 0 Å². The molecule has 0 amide bonds. The van der Waals surface area contributed by atoms with Gasteiger partial charge in [-0.25, -0.2) is 19.2 Å². The van der Waals surface area contributed by atoms with E-state index in [4.69, 9.17) is 81.3 Å². The zero-order valence-corrected chi connectivity index (χ0v) is 50.9. The largest absolute Gasteiger partial charge is 0.497 e. The molecule has 0 saturated heterocycles. The van der Waals surface area contributed by atoms with Crippen LogP contribution in [0.15, 0.2) is 97.1 Å². The number of esters is 4. The summed E-state index contributed by atoms with van der Waals surface area (Å²) in [6.45, 7) is -0.730. The van der Waals surface area contributed by atoms with E-state index in [0.717, 1.165) is 9.40 Å². The molecule has 0 radical (unpaired) electrons. The van der Waals surface area contributed by atoms with Crippen LogP contribution in [0.2, 0.25) is 0 Å². The van der Waals surface area contributed by atoms with Crippen molar-refractivity contribution in [2.24, 2.45) is 0 Å². The van der Waals surface area contributed by atoms with E-state index in [9.17, 15) is 19.2 Å². The topological polar surface area (TPSA) is 179 Å². The average molecular weight is 1240 g/mol. The van der Waals surface area contributed by atoms with Gasteiger partial charge >= 0.3 is 23.9 Å². The van der Waals surface area contributed by atoms with E-state index in [-0.39, 0.29) is 48.7 Å². The Balaban J connectivity index is 1.06. The summed E-state index contributed by atoms with van der Waals surface area (Å²) >= 11 is 13.0. The Morgan fingerprint density at radius 2 is 0.571 bits per heavy atom. The predicted molar refractivity (Wildman–Crippen MR) is 331 cm³/mol. The first kappa shape index (κ1) is 57.4. The van der Waals surface area contributed by atoms with Crippen molar-refractivity contribution >= 4 is 152 Å². The zero-order chi connectivity index (χ0) is 59.1. The van der Waals surface area contributed by atoms with Gasteiger partial charge in [0.2, 0.25) is 0 Å². The minimum Gasteiger partial charge on any atom is -0.497 e. The third-order valence-corrected chi connectivity index (χ3v) is 19.8. The van der Waals surface area contributed by atoms with E-state index in [2.05, 4.69) is 0 Å². The lowest BCUT2D eigenvalue weighted by molar-refractivity contribution is 0.0427. The lowest BCUT2D eigenvalue weighted by atomic mass is 9.93. The van der Waals surface area contributed by atoms with Gasteiger partial charge in [0, 0.05) is 56.6 Å². The molecule has 0 aliphatic rings. The Labute approximate surface area is 504 Å². The van der Waals surface area contributed by atoms with Crippen LogP contribution < -0.4 is 37.9 Å². The Kier molecular flexibility index (Phi) is 16.5. The molecule has 0 spiro atoms. The number of carbonyl (C=O) groups is 4. The Bertz CT molecular complexity index is 4220. The number of benzene rings is 9. The highest BCUT2D eigenvalue weighted by molar-refractivity contribution is 7.76. The monoisotopic (exact) mass is 1240 g/mol. The molecule has 11 aromatic rings. The van der Waals surface area contributed by atoms with E-state index in [0.29, 0.717) is 130 Å². The predicted octanol–water partition coefficient (Wildman–Crippen LogP) is 15.2. The van der Waals surface area contributed by atoms with E-state index in [1.807, 2.05) is 12.1 Å². The Morgan fingerprint density at radius 1 is 0.321 bits per heavy atom. The molecule has 428 valence electrons. The summed E-state index contributed by atoms with van der Waals surface area (Å²) in [7, 11) is 17.5. The quantitative estimate of drug-likeness (QED) is 0.0231. The summed E-state index contributed by atoms with van der Waals surface area (Å²) in [4.78, 5) is 58.5. The smallest absolute Gasteiger partial charge is 0.340 e. The molecule has 2 heterocycles. The van der Waals surface area contributed by atoms with Gasteiger partial charge in [0.05, 0.1) is 107 Å². The Morgan fingerprint density at radius 3 is 0.833 bits per heavy atom. The molecule has 0 N–H and O–H groups in total. The summed E-state index contributed by atoms with van der Waals surface area (Å²) < 4.78 is 71.1. The van der Waals surface area contributed by atoms with E-state index in [1.165, 1.54) is 98.2 Å². The first-order valence-electron chi connectivity index (χ1n) is 25.4. The summed E-state index contributed by atoms with van der Waals surface area (Å²) in [5, 5.41) is 5.15. The van der Waals surface area contributed by atoms with Gasteiger partial charge in [-0.1, -0.05) is 65.8 Å². The molecule has 0 aliphatic heterocycles. The van der Waals surface area contributed by atoms with Crippen LogP contribution in [0.4, 0.5) is 0 Å². The number of hydrogen-bond donors (Lipinski definition) is 0. The van der Waals surface area contributed by atoms with Crippen LogP contribution in [0.1, 0.15) is 63.7 Å². The number of fused-ring (bicyclic) bond motifs is 4. The minimum atomic E-state index is -0.785. The van der Waals surface area contributed by atoms with Crippen molar-refractivity contribution in [1.29, 1.82) is 0 Å². The highest BCUT2D eigenvalue weighted by atomic mass is 32.9. The Hall–Kier alpha value is -8.38. The number of carbonyl (C=O) groups excluding carboxylic acids is 4. The average Bonchev–Trinajstić information content (AvgIpc) is 1.42. The fraction of sp³-hybridized carbons (Fsp3) is 0.194. The molecular formula is C62H48O16S6. The number of ether oxygens (including phenoxy) is 12. The van der Waals surface area contributed by atoms with Crippen molar-refractivity contribution in [2.45, 2.75) is 26.4 Å². The maximum Gasteiger partial charge on any atom is 0.340 e. The number of methoxy groups -OCH3 is 8. The van der Waals surface area contributed by atoms with Gasteiger partial charge in [0.1, 0.15) is 72.4 Å². The summed E-state index contributed by atoms with van der Waals surface area (Å²) in [5.41, 5.74) is 2.29. The molecule has 16 nitrogen and oxygen atoms in total. The third kappa shape index (κ3) is 10.8. The minimum absolute atomic E-state index is 0.00845. The van der Waals surface area contributed by atoms with Crippen molar-refractivity contribution in [2.75, 3.05) is 56.9 Å². The summed E-state index contributed by atoms with van der Waals surface area (Å²) in [5.74, 6) is 0.865. The molecule has 0 bridgehead atoms. The molecule has 2 aromatic heterocycles. The molecule has 0 fully saturated rings. The SMILES string of the molecule is COc1cc(COC(=O)c2cc3cc4c(=S)c5c(cc6cc(C(=O)OCc7cc(OC)cc(OC)c7)c(C(=O)OCc7cc(OC)cc(OC)c7)c7ssc5c67)c(=S)c4c4ssc(c2C(=O)OCc2cc(OC)cc(OC)c2)c34)cc(OC)c1. The lowest BCUT2D eigenvalue weighted by Gasteiger charge is -2.15. The van der Waals surface area contributed by atoms with Gasteiger partial charge in [-0.3, -0.25) is 0 Å². The first-order chi connectivity index (χ1) is 40.7. The number of rotatable bonds is 20. The highest BCUT2D eigenvalue weighted by Crippen LogP contribution is 2.50. The van der Waals surface area contributed by atoms with E-state index < -0.39 is 23.9 Å². The van der Waals surface area contributed by atoms with Crippen LogP contribution in [0, 0.1) is 9.02 Å². The van der Waals surface area contributed by atoms with E-state index in [1.54, 1.807) is 84.9 Å². The summed E-state index contributed by atoms with van der Waals surface area (Å²) in [6.07, 6.45) is 0. The van der Waals surface area contributed by atoms with Gasteiger partial charge in [-0.05, 0) is 106 Å². The van der Waals surface area contributed by atoms with Gasteiger partial charge in [0.25, 0.3) is 0 Å². The molecule has 84 heavy (non-hydrogen) atoms. The molecule has 9 aromatic carbocycles. The van der Waals surface area contributed by atoms with Gasteiger partial charge < -0.3 is 56.8 Å². The second kappa shape index (κ2) is 24.1. The maximum atomic E-state index is 14.7. The second-order valence-electron chi connectivity index (χ2n) is 18.9. The van der Waals surface area contributed by atoms with Crippen LogP contribution in [-0.2, 0) is 45.4 Å². The maximum absolute atomic E-state index is 14.7. The van der Waals surface area contributed by atoms with Gasteiger partial charge in [-0.2, -0.15) is 0 Å². The fourth-order valence-corrected chi connectivity index (χ4v) is 16.7. The molecule has 0 aliphatic carbocycles. The van der Waals surface area contributed by atoms with Crippen LogP contribution in [-0.4, -0.2) is 80.8 Å². The molecule has 11 rings (SSSR count). The first-order valence-corrected chi connectivity index (χ1v) is 30.5. The molecule has 0 saturated carbocycles. The van der Waals surface area contributed by atoms with Crippen LogP contribution in [0.25, 0.3) is 61.9 Å². The second-order valence-corrected chi connectivity index (χ2v) is 24.0. The van der Waals surface area contributed by atoms with Gasteiger partial charge in [-0.15, -0.1) is 0 Å². The fourth-order valence-electron chi connectivity index (χ4n) is 10.0. The van der Waals surface area contributed by atoms with Crippen LogP contribution in [0.5, 0.6) is 46.0 Å². The number of hydrogen-bond acceptors (Lipinski definition) is 22. The lowest BCUT2D eigenvalue weighted by Crippen LogP contribution is -2.15. The zero-order valence-electron chi connectivity index (χ0n) is 46.0.